The van der Waals surface area contributed by atoms with Crippen molar-refractivity contribution in [3.05, 3.63) is 88.7 Å². The molecule has 1 amide bonds. The van der Waals surface area contributed by atoms with E-state index in [1.165, 1.54) is 29.8 Å². The maximum absolute atomic E-state index is 14.6. The van der Waals surface area contributed by atoms with Crippen LogP contribution < -0.4 is 9.46 Å². The normalized spacial score (nSPS) is 14.1. The predicted molar refractivity (Wildman–Crippen MR) is 150 cm³/mol. The topological polar surface area (TPSA) is 116 Å². The molecule has 4 rings (SSSR count). The number of amides is 1. The van der Waals surface area contributed by atoms with E-state index in [9.17, 15) is 22.7 Å². The minimum atomic E-state index is -4.10. The number of aliphatic hydroxyl groups is 2. The molecule has 1 atom stereocenters. The molecule has 1 aliphatic heterocycles. The first-order valence-corrected chi connectivity index (χ1v) is 14.6. The minimum Gasteiger partial charge on any atom is -0.493 e. The number of hydrogen-bond acceptors (Lipinski definition) is 6. The van der Waals surface area contributed by atoms with Gasteiger partial charge in [0.25, 0.3) is 10.0 Å². The first kappa shape index (κ1) is 29.5. The van der Waals surface area contributed by atoms with Crippen LogP contribution in [0.15, 0.2) is 65.6 Å². The molecule has 0 aliphatic carbocycles. The largest absolute Gasteiger partial charge is 0.493 e. The van der Waals surface area contributed by atoms with Crippen LogP contribution in [0.3, 0.4) is 0 Å². The zero-order chi connectivity index (χ0) is 29.1. The summed E-state index contributed by atoms with van der Waals surface area (Å²) in [5, 5.41) is 18.2. The Morgan fingerprint density at radius 3 is 2.40 bits per heavy atom. The molecule has 0 saturated heterocycles. The Balaban J connectivity index is 1.39. The molecule has 0 radical (unpaired) electrons. The van der Waals surface area contributed by atoms with Crippen molar-refractivity contribution in [2.24, 2.45) is 0 Å². The molecule has 0 fully saturated rings. The molecule has 8 nitrogen and oxygen atoms in total. The highest BCUT2D eigenvalue weighted by Crippen LogP contribution is 2.29. The number of hydrogen-bond donors (Lipinski definition) is 3. The number of fused-ring (bicyclic) bond motifs is 1. The fourth-order valence-electron chi connectivity index (χ4n) is 4.40. The van der Waals surface area contributed by atoms with Crippen LogP contribution in [0.5, 0.6) is 5.75 Å². The molecule has 1 aliphatic rings. The lowest BCUT2D eigenvalue weighted by molar-refractivity contribution is -0.131. The van der Waals surface area contributed by atoms with Gasteiger partial charge in [-0.2, -0.15) is 0 Å². The molecule has 0 saturated carbocycles. The Labute approximate surface area is 234 Å². The van der Waals surface area contributed by atoms with Gasteiger partial charge in [-0.25, -0.2) is 12.8 Å². The van der Waals surface area contributed by atoms with Crippen molar-refractivity contribution in [2.75, 3.05) is 17.9 Å². The fourth-order valence-corrected chi connectivity index (χ4v) is 5.52. The number of rotatable bonds is 10. The smallest absolute Gasteiger partial charge is 0.261 e. The van der Waals surface area contributed by atoms with Crippen molar-refractivity contribution in [1.29, 1.82) is 0 Å². The van der Waals surface area contributed by atoms with Crippen LogP contribution >= 0.6 is 0 Å². The minimum absolute atomic E-state index is 0.0296. The van der Waals surface area contributed by atoms with Gasteiger partial charge in [0.2, 0.25) is 5.91 Å². The van der Waals surface area contributed by atoms with E-state index in [1.807, 2.05) is 24.3 Å². The molecule has 1 unspecified atom stereocenters. The van der Waals surface area contributed by atoms with E-state index in [1.54, 1.807) is 11.0 Å². The van der Waals surface area contributed by atoms with Crippen LogP contribution in [0, 0.1) is 5.82 Å². The molecular weight excluding hydrogens is 535 g/mol. The number of sulfonamides is 1. The van der Waals surface area contributed by atoms with Crippen molar-refractivity contribution < 1.29 is 32.6 Å². The molecule has 214 valence electrons. The molecule has 3 aromatic carbocycles. The Morgan fingerprint density at radius 1 is 1.05 bits per heavy atom. The quantitative estimate of drug-likeness (QED) is 0.338. The number of anilines is 1. The summed E-state index contributed by atoms with van der Waals surface area (Å²) in [5.74, 6) is -0.701. The van der Waals surface area contributed by atoms with Crippen molar-refractivity contribution in [2.45, 2.75) is 63.1 Å². The third kappa shape index (κ3) is 7.18. The van der Waals surface area contributed by atoms with Gasteiger partial charge in [0.05, 0.1) is 36.3 Å². The van der Waals surface area contributed by atoms with Gasteiger partial charge >= 0.3 is 0 Å². The SMILES string of the molecule is CC(C)(C)c1ccc(CC(=O)N2Cc3ccc(S(=O)(=O)Nc4ccc(OCCC(O)CO)cc4F)cc3C2)cc1. The number of aliphatic hydroxyl groups excluding tert-OH is 2. The summed E-state index contributed by atoms with van der Waals surface area (Å²) in [7, 11) is -4.10. The number of carbonyl (C=O) groups excluding carboxylic acids is 1. The monoisotopic (exact) mass is 570 g/mol. The number of nitrogens with zero attached hydrogens (tertiary/aromatic N) is 1. The van der Waals surface area contributed by atoms with Crippen LogP contribution in [0.2, 0.25) is 0 Å². The zero-order valence-corrected chi connectivity index (χ0v) is 23.7. The van der Waals surface area contributed by atoms with E-state index in [0.717, 1.165) is 22.8 Å². The summed E-state index contributed by atoms with van der Waals surface area (Å²) >= 11 is 0. The van der Waals surface area contributed by atoms with Crippen molar-refractivity contribution in [3.63, 3.8) is 0 Å². The van der Waals surface area contributed by atoms with E-state index in [-0.39, 0.29) is 47.1 Å². The lowest BCUT2D eigenvalue weighted by Gasteiger charge is -2.19. The Bertz CT molecular complexity index is 1470. The Kier molecular flexibility index (Phi) is 8.82. The molecule has 10 heteroatoms. The summed E-state index contributed by atoms with van der Waals surface area (Å²) < 4.78 is 48.3. The number of halogens is 1. The lowest BCUT2D eigenvalue weighted by Crippen LogP contribution is -2.26. The third-order valence-electron chi connectivity index (χ3n) is 6.85. The Hall–Kier alpha value is -3.47. The zero-order valence-electron chi connectivity index (χ0n) is 22.9. The first-order valence-electron chi connectivity index (χ1n) is 13.1. The van der Waals surface area contributed by atoms with E-state index in [0.29, 0.717) is 13.1 Å². The maximum Gasteiger partial charge on any atom is 0.261 e. The summed E-state index contributed by atoms with van der Waals surface area (Å²) in [6.07, 6.45) is -0.510. The number of ether oxygens (including phenoxy) is 1. The average molecular weight is 571 g/mol. The molecular formula is C30H35FN2O6S. The van der Waals surface area contributed by atoms with E-state index < -0.39 is 28.6 Å². The highest BCUT2D eigenvalue weighted by atomic mass is 32.2. The van der Waals surface area contributed by atoms with Crippen LogP contribution in [-0.2, 0) is 39.7 Å². The van der Waals surface area contributed by atoms with Crippen molar-refractivity contribution in [1.82, 2.24) is 4.90 Å². The van der Waals surface area contributed by atoms with Gasteiger partial charge in [-0.15, -0.1) is 0 Å². The number of carbonyl (C=O) groups is 1. The third-order valence-corrected chi connectivity index (χ3v) is 8.22. The number of benzene rings is 3. The highest BCUT2D eigenvalue weighted by Gasteiger charge is 2.26. The van der Waals surface area contributed by atoms with E-state index >= 15 is 0 Å². The molecule has 3 aromatic rings. The average Bonchev–Trinajstić information content (AvgIpc) is 3.34. The molecule has 3 N–H and O–H groups in total. The summed E-state index contributed by atoms with van der Waals surface area (Å²) in [4.78, 5) is 14.7. The first-order chi connectivity index (χ1) is 18.9. The van der Waals surface area contributed by atoms with Gasteiger partial charge < -0.3 is 19.8 Å². The molecule has 0 aromatic heterocycles. The second-order valence-corrected chi connectivity index (χ2v) is 12.7. The van der Waals surface area contributed by atoms with Gasteiger partial charge in [0.1, 0.15) is 5.75 Å². The van der Waals surface area contributed by atoms with E-state index in [2.05, 4.69) is 25.5 Å². The summed E-state index contributed by atoms with van der Waals surface area (Å²) in [5.41, 5.74) is 3.50. The van der Waals surface area contributed by atoms with Crippen LogP contribution in [0.4, 0.5) is 10.1 Å². The van der Waals surface area contributed by atoms with Gasteiger partial charge in [-0.3, -0.25) is 9.52 Å². The molecule has 40 heavy (non-hydrogen) atoms. The lowest BCUT2D eigenvalue weighted by atomic mass is 9.86. The van der Waals surface area contributed by atoms with Crippen LogP contribution in [-0.4, -0.2) is 48.8 Å². The maximum atomic E-state index is 14.6. The van der Waals surface area contributed by atoms with Crippen molar-refractivity contribution >= 4 is 21.6 Å². The van der Waals surface area contributed by atoms with Crippen LogP contribution in [0.25, 0.3) is 0 Å². The summed E-state index contributed by atoms with van der Waals surface area (Å²) in [6, 6.07) is 16.4. The van der Waals surface area contributed by atoms with Crippen LogP contribution in [0.1, 0.15) is 49.4 Å². The van der Waals surface area contributed by atoms with Gasteiger partial charge in [0.15, 0.2) is 5.82 Å². The highest BCUT2D eigenvalue weighted by molar-refractivity contribution is 7.92. The molecule has 1 heterocycles. The summed E-state index contributed by atoms with van der Waals surface area (Å²) in [6.45, 7) is 6.76. The second kappa shape index (κ2) is 12.0. The standard InChI is InChI=1S/C30H35FN2O6S/c1-30(2,3)23-7-4-20(5-8-23)14-29(36)33-17-21-6-10-26(15-22(21)18-33)40(37,38)32-28-11-9-25(16-27(28)31)39-13-12-24(35)19-34/h4-11,15-16,24,32,34-35H,12-14,17-19H2,1-3H3. The van der Waals surface area contributed by atoms with Crippen molar-refractivity contribution in [3.8, 4) is 5.75 Å². The van der Waals surface area contributed by atoms with Gasteiger partial charge in [0, 0.05) is 25.6 Å². The van der Waals surface area contributed by atoms with Gasteiger partial charge in [-0.1, -0.05) is 51.1 Å². The molecule has 0 bridgehead atoms. The number of nitrogens with one attached hydrogen (secondary N) is 1. The van der Waals surface area contributed by atoms with Gasteiger partial charge in [-0.05, 0) is 51.9 Å². The Morgan fingerprint density at radius 2 is 1.75 bits per heavy atom. The fraction of sp³-hybridized carbons (Fsp3) is 0.367. The predicted octanol–water partition coefficient (Wildman–Crippen LogP) is 4.13. The molecule has 0 spiro atoms. The van der Waals surface area contributed by atoms with E-state index in [4.69, 9.17) is 9.84 Å². The second-order valence-electron chi connectivity index (χ2n) is 11.0.